The summed E-state index contributed by atoms with van der Waals surface area (Å²) in [6, 6.07) is 19.7. The highest BCUT2D eigenvalue weighted by Crippen LogP contribution is 2.30. The molecule has 0 amide bonds. The van der Waals surface area contributed by atoms with Gasteiger partial charge >= 0.3 is 0 Å². The highest BCUT2D eigenvalue weighted by atomic mass is 35.5. The predicted molar refractivity (Wildman–Crippen MR) is 195 cm³/mol. The third-order valence-electron chi connectivity index (χ3n) is 7.11. The van der Waals surface area contributed by atoms with Gasteiger partial charge in [-0.1, -0.05) is 82.2 Å². The van der Waals surface area contributed by atoms with Crippen molar-refractivity contribution < 1.29 is 4.79 Å². The number of nitrogens with one attached hydrogen (secondary N) is 1. The zero-order chi connectivity index (χ0) is 32.2. The number of aryl methyl sites for hydroxylation is 1. The van der Waals surface area contributed by atoms with Crippen LogP contribution in [-0.2, 0) is 0 Å². The van der Waals surface area contributed by atoms with Crippen LogP contribution in [0.4, 0.5) is 11.4 Å². The van der Waals surface area contributed by atoms with Gasteiger partial charge in [0.05, 0.1) is 10.5 Å². The van der Waals surface area contributed by atoms with Crippen LogP contribution in [-0.4, -0.2) is 35.6 Å². The second kappa shape index (κ2) is 21.4. The van der Waals surface area contributed by atoms with E-state index in [9.17, 15) is 4.79 Å². The van der Waals surface area contributed by atoms with Crippen molar-refractivity contribution in [2.24, 2.45) is 0 Å². The maximum Gasteiger partial charge on any atom is 0.161 e. The number of carbonyl (C=O) groups is 1. The Kier molecular flexibility index (Phi) is 17.9. The minimum Gasteiger partial charge on any atom is -0.388 e. The molecule has 5 rings (SSSR count). The minimum atomic E-state index is 0.640. The van der Waals surface area contributed by atoms with Crippen molar-refractivity contribution in [2.45, 2.75) is 72.1 Å². The van der Waals surface area contributed by atoms with Gasteiger partial charge in [0.15, 0.2) is 5.82 Å². The Morgan fingerprint density at radius 1 is 0.977 bits per heavy atom. The van der Waals surface area contributed by atoms with Crippen molar-refractivity contribution in [2.75, 3.05) is 29.0 Å². The maximum absolute atomic E-state index is 10.8. The summed E-state index contributed by atoms with van der Waals surface area (Å²) in [5, 5.41) is 4.76. The van der Waals surface area contributed by atoms with E-state index >= 15 is 0 Å². The van der Waals surface area contributed by atoms with E-state index < -0.39 is 0 Å². The zero-order valence-electron chi connectivity index (χ0n) is 26.9. The van der Waals surface area contributed by atoms with Crippen molar-refractivity contribution >= 4 is 52.1 Å². The second-order valence-electron chi connectivity index (χ2n) is 10.4. The Hall–Kier alpha value is -3.35. The van der Waals surface area contributed by atoms with E-state index in [4.69, 9.17) is 11.6 Å². The standard InChI is InChI=1S/C15H12ClN3.C13H17NOS.C7H16.C2H4/c1-17-11-6-7-13(16)12(8-11)15-18-9-10-4-2-3-5-14(10)19-15;1-11-9-13(6-5-12(11)10-15)14-7-3-2-4-8-16-14;1-3-5-7-6-4-2;1-2/h2-9,17H,1H3;5-6,9-10H,2-4,7-8H2,1H3;3-7H2,1-2H3;1-2H2. The number of benzene rings is 3. The fourth-order valence-electron chi connectivity index (χ4n) is 4.56. The highest BCUT2D eigenvalue weighted by molar-refractivity contribution is 8.00. The summed E-state index contributed by atoms with van der Waals surface area (Å²) >= 11 is 8.14. The number of rotatable bonds is 8. The molecule has 0 spiro atoms. The van der Waals surface area contributed by atoms with E-state index in [2.05, 4.69) is 58.7 Å². The van der Waals surface area contributed by atoms with E-state index in [1.807, 2.05) is 80.6 Å². The fourth-order valence-corrected chi connectivity index (χ4v) is 5.83. The van der Waals surface area contributed by atoms with Gasteiger partial charge in [-0.3, -0.25) is 4.79 Å². The molecule has 2 heterocycles. The summed E-state index contributed by atoms with van der Waals surface area (Å²) in [6.07, 6.45) is 13.7. The summed E-state index contributed by atoms with van der Waals surface area (Å²) in [7, 11) is 1.87. The third-order valence-corrected chi connectivity index (χ3v) is 8.62. The van der Waals surface area contributed by atoms with Crippen molar-refractivity contribution in [3.05, 3.63) is 96.2 Å². The molecule has 0 aliphatic carbocycles. The topological polar surface area (TPSA) is 58.1 Å². The predicted octanol–water partition coefficient (Wildman–Crippen LogP) is 11.2. The van der Waals surface area contributed by atoms with Gasteiger partial charge in [-0.15, -0.1) is 13.2 Å². The van der Waals surface area contributed by atoms with Gasteiger partial charge in [0.2, 0.25) is 0 Å². The second-order valence-corrected chi connectivity index (χ2v) is 11.9. The molecule has 0 atom stereocenters. The van der Waals surface area contributed by atoms with Crippen LogP contribution in [0.5, 0.6) is 0 Å². The van der Waals surface area contributed by atoms with E-state index in [-0.39, 0.29) is 0 Å². The van der Waals surface area contributed by atoms with Crippen LogP contribution in [0.3, 0.4) is 0 Å². The molecule has 1 saturated heterocycles. The van der Waals surface area contributed by atoms with E-state index in [0.29, 0.717) is 10.8 Å². The third kappa shape index (κ3) is 12.0. The lowest BCUT2D eigenvalue weighted by Crippen LogP contribution is -2.14. The number of aromatic nitrogens is 2. The average Bonchev–Trinajstić information content (AvgIpc) is 3.36. The molecule has 5 nitrogen and oxygen atoms in total. The van der Waals surface area contributed by atoms with E-state index in [0.717, 1.165) is 46.1 Å². The van der Waals surface area contributed by atoms with Crippen molar-refractivity contribution in [3.8, 4) is 11.4 Å². The normalized spacial score (nSPS) is 12.3. The Morgan fingerprint density at radius 2 is 1.73 bits per heavy atom. The van der Waals surface area contributed by atoms with Gasteiger partial charge in [0, 0.05) is 53.4 Å². The van der Waals surface area contributed by atoms with Crippen LogP contribution in [0.25, 0.3) is 22.3 Å². The first-order chi connectivity index (χ1) is 21.5. The number of hydrogen-bond donors (Lipinski definition) is 1. The largest absolute Gasteiger partial charge is 0.388 e. The molecule has 0 radical (unpaired) electrons. The van der Waals surface area contributed by atoms with E-state index in [1.165, 1.54) is 62.8 Å². The van der Waals surface area contributed by atoms with Gasteiger partial charge < -0.3 is 9.62 Å². The molecular formula is C37H49ClN4OS. The monoisotopic (exact) mass is 632 g/mol. The number of para-hydroxylation sites is 1. The first-order valence-electron chi connectivity index (χ1n) is 15.7. The molecule has 7 heteroatoms. The molecule has 1 fully saturated rings. The molecule has 1 aliphatic heterocycles. The Labute approximate surface area is 274 Å². The Morgan fingerprint density at radius 3 is 2.41 bits per heavy atom. The summed E-state index contributed by atoms with van der Waals surface area (Å²) in [4.78, 5) is 19.7. The number of aldehydes is 1. The van der Waals surface area contributed by atoms with Gasteiger partial charge in [-0.2, -0.15) is 0 Å². The van der Waals surface area contributed by atoms with Crippen LogP contribution < -0.4 is 9.62 Å². The summed E-state index contributed by atoms with van der Waals surface area (Å²) in [6.45, 7) is 13.6. The molecule has 1 N–H and O–H groups in total. The van der Waals surface area contributed by atoms with Crippen LogP contribution in [0.15, 0.2) is 80.0 Å². The number of hydrogen-bond acceptors (Lipinski definition) is 6. The van der Waals surface area contributed by atoms with Crippen LogP contribution in [0.1, 0.15) is 81.1 Å². The minimum absolute atomic E-state index is 0.640. The molecule has 3 aromatic carbocycles. The van der Waals surface area contributed by atoms with Crippen molar-refractivity contribution in [1.29, 1.82) is 0 Å². The van der Waals surface area contributed by atoms with E-state index in [1.54, 1.807) is 0 Å². The summed E-state index contributed by atoms with van der Waals surface area (Å²) in [5.74, 6) is 1.84. The summed E-state index contributed by atoms with van der Waals surface area (Å²) < 4.78 is 2.36. The number of unbranched alkanes of at least 4 members (excludes halogenated alkanes) is 4. The molecule has 236 valence electrons. The van der Waals surface area contributed by atoms with Gasteiger partial charge in [-0.25, -0.2) is 9.97 Å². The molecule has 4 aromatic rings. The van der Waals surface area contributed by atoms with Crippen LogP contribution in [0, 0.1) is 6.92 Å². The molecule has 44 heavy (non-hydrogen) atoms. The van der Waals surface area contributed by atoms with Crippen LogP contribution >= 0.6 is 23.5 Å². The number of carbonyl (C=O) groups excluding carboxylic acids is 1. The smallest absolute Gasteiger partial charge is 0.161 e. The lowest BCUT2D eigenvalue weighted by molar-refractivity contribution is 0.112. The van der Waals surface area contributed by atoms with Gasteiger partial charge in [-0.05, 0) is 79.7 Å². The van der Waals surface area contributed by atoms with Crippen molar-refractivity contribution in [3.63, 3.8) is 0 Å². The molecule has 0 bridgehead atoms. The molecule has 1 aromatic heterocycles. The number of nitrogens with zero attached hydrogens (tertiary/aromatic N) is 3. The zero-order valence-corrected chi connectivity index (χ0v) is 28.5. The Balaban J connectivity index is 0.000000245. The first kappa shape index (κ1) is 36.8. The van der Waals surface area contributed by atoms with Crippen LogP contribution in [0.2, 0.25) is 5.02 Å². The summed E-state index contributed by atoms with van der Waals surface area (Å²) in [5.41, 5.74) is 5.82. The molecule has 0 saturated carbocycles. The van der Waals surface area contributed by atoms with Gasteiger partial charge in [0.1, 0.15) is 6.29 Å². The maximum atomic E-state index is 10.8. The number of halogens is 1. The lowest BCUT2D eigenvalue weighted by atomic mass is 10.1. The SMILES string of the molecule is C=C.CCCCCCC.CNc1ccc(Cl)c(-c2ncc3ccccc3n2)c1.Cc1cc(N2CCCCCS2)ccc1C=O. The molecular weight excluding hydrogens is 584 g/mol. The fraction of sp³-hybridized carbons (Fsp3) is 0.378. The molecule has 1 aliphatic rings. The number of fused-ring (bicyclic) bond motifs is 1. The van der Waals surface area contributed by atoms with Crippen molar-refractivity contribution in [1.82, 2.24) is 9.97 Å². The number of anilines is 2. The lowest BCUT2D eigenvalue weighted by Gasteiger charge is -2.21. The Bertz CT molecular complexity index is 1400. The molecule has 0 unspecified atom stereocenters. The highest BCUT2D eigenvalue weighted by Gasteiger charge is 2.12. The quantitative estimate of drug-likeness (QED) is 0.0902. The average molecular weight is 633 g/mol. The first-order valence-corrected chi connectivity index (χ1v) is 17.0. The van der Waals surface area contributed by atoms with Gasteiger partial charge in [0.25, 0.3) is 0 Å².